The highest BCUT2D eigenvalue weighted by Crippen LogP contribution is 2.26. The van der Waals surface area contributed by atoms with E-state index in [2.05, 4.69) is 15.9 Å². The molecule has 0 N–H and O–H groups in total. The molecule has 2 aromatic carbocycles. The molecule has 154 valence electrons. The topological polar surface area (TPSA) is 53.4 Å². The zero-order valence-corrected chi connectivity index (χ0v) is 18.7. The molecule has 0 saturated heterocycles. The highest BCUT2D eigenvalue weighted by Gasteiger charge is 2.13. The summed E-state index contributed by atoms with van der Waals surface area (Å²) in [7, 11) is 1.44. The number of methoxy groups -OCH3 is 1. The van der Waals surface area contributed by atoms with Gasteiger partial charge in [0.15, 0.2) is 16.7 Å². The normalized spacial score (nSPS) is 11.2. The number of ether oxygens (including phenoxy) is 2. The van der Waals surface area contributed by atoms with Gasteiger partial charge < -0.3 is 9.47 Å². The van der Waals surface area contributed by atoms with Gasteiger partial charge in [0.25, 0.3) is 5.56 Å². The molecule has 0 amide bonds. The molecule has 5 nitrogen and oxygen atoms in total. The van der Waals surface area contributed by atoms with E-state index in [-0.39, 0.29) is 11.3 Å². The summed E-state index contributed by atoms with van der Waals surface area (Å²) in [4.78, 5) is 17.8. The van der Waals surface area contributed by atoms with Crippen LogP contribution >= 0.6 is 27.7 Å². The first-order valence-corrected chi connectivity index (χ1v) is 11.0. The molecular formula is C21H22BrFN2O3S. The summed E-state index contributed by atoms with van der Waals surface area (Å²) < 4.78 is 26.9. The van der Waals surface area contributed by atoms with Crippen LogP contribution in [-0.2, 0) is 17.0 Å². The lowest BCUT2D eigenvalue weighted by atomic mass is 10.2. The molecule has 0 aliphatic carbocycles. The Labute approximate surface area is 181 Å². The van der Waals surface area contributed by atoms with Crippen LogP contribution in [0.5, 0.6) is 5.75 Å². The maximum absolute atomic E-state index is 14.0. The molecule has 0 unspecified atom stereocenters. The average Bonchev–Trinajstić information content (AvgIpc) is 2.71. The molecule has 3 rings (SSSR count). The summed E-state index contributed by atoms with van der Waals surface area (Å²) in [6.45, 7) is 3.67. The third-order valence-corrected chi connectivity index (χ3v) is 5.88. The second kappa shape index (κ2) is 10.2. The highest BCUT2D eigenvalue weighted by atomic mass is 79.9. The van der Waals surface area contributed by atoms with E-state index in [1.165, 1.54) is 24.9 Å². The molecule has 0 fully saturated rings. The van der Waals surface area contributed by atoms with Gasteiger partial charge in [0, 0.05) is 30.0 Å². The van der Waals surface area contributed by atoms with E-state index < -0.39 is 5.82 Å². The molecule has 29 heavy (non-hydrogen) atoms. The molecule has 0 radical (unpaired) electrons. The second-order valence-electron chi connectivity index (χ2n) is 6.32. The minimum absolute atomic E-state index is 0.0868. The Morgan fingerprint density at radius 3 is 2.79 bits per heavy atom. The molecule has 0 spiro atoms. The van der Waals surface area contributed by atoms with Crippen molar-refractivity contribution in [2.24, 2.45) is 0 Å². The highest BCUT2D eigenvalue weighted by molar-refractivity contribution is 9.10. The Bertz CT molecular complexity index is 1060. The molecule has 1 heterocycles. The number of rotatable bonds is 9. The third-order valence-electron chi connectivity index (χ3n) is 4.34. The van der Waals surface area contributed by atoms with Crippen LogP contribution in [0.4, 0.5) is 4.39 Å². The lowest BCUT2D eigenvalue weighted by Gasteiger charge is -2.13. The smallest absolute Gasteiger partial charge is 0.262 e. The van der Waals surface area contributed by atoms with Crippen LogP contribution in [0.25, 0.3) is 10.9 Å². The van der Waals surface area contributed by atoms with Crippen molar-refractivity contribution in [3.05, 3.63) is 62.6 Å². The first-order valence-electron chi connectivity index (χ1n) is 9.26. The molecule has 1 aromatic heterocycles. The third kappa shape index (κ3) is 5.38. The van der Waals surface area contributed by atoms with Crippen LogP contribution < -0.4 is 10.3 Å². The van der Waals surface area contributed by atoms with Crippen LogP contribution in [0.2, 0.25) is 0 Å². The predicted octanol–water partition coefficient (Wildman–Crippen LogP) is 5.03. The molecule has 3 aromatic rings. The van der Waals surface area contributed by atoms with E-state index in [4.69, 9.17) is 14.5 Å². The van der Waals surface area contributed by atoms with E-state index in [1.54, 1.807) is 16.7 Å². The van der Waals surface area contributed by atoms with Crippen molar-refractivity contribution in [3.8, 4) is 5.75 Å². The lowest BCUT2D eigenvalue weighted by Crippen LogP contribution is -2.24. The van der Waals surface area contributed by atoms with Crippen LogP contribution in [0, 0.1) is 5.82 Å². The summed E-state index contributed by atoms with van der Waals surface area (Å²) in [6.07, 6.45) is 0.708. The Morgan fingerprint density at radius 1 is 1.24 bits per heavy atom. The van der Waals surface area contributed by atoms with Gasteiger partial charge in [0.1, 0.15) is 0 Å². The van der Waals surface area contributed by atoms with Crippen LogP contribution in [0.15, 0.2) is 50.8 Å². The zero-order chi connectivity index (χ0) is 20.8. The molecule has 0 atom stereocenters. The van der Waals surface area contributed by atoms with E-state index in [0.717, 1.165) is 10.0 Å². The second-order valence-corrected chi connectivity index (χ2v) is 8.18. The Kier molecular flexibility index (Phi) is 7.69. The Morgan fingerprint density at radius 2 is 2.07 bits per heavy atom. The van der Waals surface area contributed by atoms with Crippen molar-refractivity contribution < 1.29 is 13.9 Å². The van der Waals surface area contributed by atoms with Crippen LogP contribution in [0.3, 0.4) is 0 Å². The summed E-state index contributed by atoms with van der Waals surface area (Å²) in [5, 5.41) is 1.17. The van der Waals surface area contributed by atoms with Gasteiger partial charge in [-0.05, 0) is 49.2 Å². The standard InChI is InChI=1S/C21H22BrFN2O3S/c1-3-28-10-4-9-25-20(26)16-12-15(22)6-7-18(16)24-21(25)29-13-14-5-8-19(27-2)17(23)11-14/h5-8,11-12H,3-4,9-10,13H2,1-2H3. The van der Waals surface area contributed by atoms with Crippen LogP contribution in [-0.4, -0.2) is 29.9 Å². The van der Waals surface area contributed by atoms with Crippen molar-refractivity contribution in [2.75, 3.05) is 20.3 Å². The van der Waals surface area contributed by atoms with Crippen molar-refractivity contribution in [1.82, 2.24) is 9.55 Å². The molecule has 0 aliphatic heterocycles. The summed E-state index contributed by atoms with van der Waals surface area (Å²) in [6, 6.07) is 10.3. The minimum atomic E-state index is -0.406. The van der Waals surface area contributed by atoms with Gasteiger partial charge in [-0.2, -0.15) is 0 Å². The summed E-state index contributed by atoms with van der Waals surface area (Å²) >= 11 is 4.83. The van der Waals surface area contributed by atoms with Crippen molar-refractivity contribution >= 4 is 38.6 Å². The minimum Gasteiger partial charge on any atom is -0.494 e. The van der Waals surface area contributed by atoms with Gasteiger partial charge >= 0.3 is 0 Å². The van der Waals surface area contributed by atoms with Gasteiger partial charge in [-0.15, -0.1) is 0 Å². The van der Waals surface area contributed by atoms with E-state index >= 15 is 0 Å². The van der Waals surface area contributed by atoms with E-state index in [9.17, 15) is 9.18 Å². The quantitative estimate of drug-likeness (QED) is 0.244. The fourth-order valence-electron chi connectivity index (χ4n) is 2.90. The number of thioether (sulfide) groups is 1. The Balaban J connectivity index is 1.90. The largest absolute Gasteiger partial charge is 0.494 e. The number of fused-ring (bicyclic) bond motifs is 1. The summed E-state index contributed by atoms with van der Waals surface area (Å²) in [5.74, 6) is 0.290. The van der Waals surface area contributed by atoms with Gasteiger partial charge in [0.05, 0.1) is 18.0 Å². The molecule has 0 bridgehead atoms. The van der Waals surface area contributed by atoms with Crippen molar-refractivity contribution in [2.45, 2.75) is 30.8 Å². The number of aromatic nitrogens is 2. The maximum Gasteiger partial charge on any atom is 0.262 e. The predicted molar refractivity (Wildman–Crippen MR) is 117 cm³/mol. The molecule has 8 heteroatoms. The van der Waals surface area contributed by atoms with Gasteiger partial charge in [-0.3, -0.25) is 9.36 Å². The van der Waals surface area contributed by atoms with Gasteiger partial charge in [-0.1, -0.05) is 33.8 Å². The molecular weight excluding hydrogens is 459 g/mol. The first kappa shape index (κ1) is 21.8. The van der Waals surface area contributed by atoms with E-state index in [0.29, 0.717) is 48.0 Å². The molecule has 0 saturated carbocycles. The average molecular weight is 481 g/mol. The van der Waals surface area contributed by atoms with E-state index in [1.807, 2.05) is 25.1 Å². The first-order chi connectivity index (χ1) is 14.0. The number of hydrogen-bond donors (Lipinski definition) is 0. The van der Waals surface area contributed by atoms with Crippen molar-refractivity contribution in [3.63, 3.8) is 0 Å². The number of hydrogen-bond acceptors (Lipinski definition) is 5. The summed E-state index contributed by atoms with van der Waals surface area (Å²) in [5.41, 5.74) is 1.35. The number of halogens is 2. The fourth-order valence-corrected chi connectivity index (χ4v) is 4.23. The SMILES string of the molecule is CCOCCCn1c(SCc2ccc(OC)c(F)c2)nc2ccc(Br)cc2c1=O. The lowest BCUT2D eigenvalue weighted by molar-refractivity contribution is 0.140. The van der Waals surface area contributed by atoms with Crippen molar-refractivity contribution in [1.29, 1.82) is 0 Å². The monoisotopic (exact) mass is 480 g/mol. The zero-order valence-electron chi connectivity index (χ0n) is 16.3. The van der Waals surface area contributed by atoms with Crippen LogP contribution in [0.1, 0.15) is 18.9 Å². The maximum atomic E-state index is 14.0. The van der Waals surface area contributed by atoms with Gasteiger partial charge in [0.2, 0.25) is 0 Å². The fraction of sp³-hybridized carbons (Fsp3) is 0.333. The van der Waals surface area contributed by atoms with Gasteiger partial charge in [-0.25, -0.2) is 9.37 Å². The number of benzene rings is 2. The Hall–Kier alpha value is -1.90. The molecule has 0 aliphatic rings. The number of nitrogens with zero attached hydrogens (tertiary/aromatic N) is 2.